The van der Waals surface area contributed by atoms with Gasteiger partial charge in [-0.2, -0.15) is 0 Å². The first-order chi connectivity index (χ1) is 15.1. The largest absolute Gasteiger partial charge is 0.345 e. The summed E-state index contributed by atoms with van der Waals surface area (Å²) in [5, 5.41) is 3.24. The summed E-state index contributed by atoms with van der Waals surface area (Å²) in [5.74, 6) is 0.227. The lowest BCUT2D eigenvalue weighted by molar-refractivity contribution is 0.627. The zero-order valence-electron chi connectivity index (χ0n) is 17.1. The number of halogens is 1. The van der Waals surface area contributed by atoms with Crippen LogP contribution in [0, 0.1) is 0 Å². The molecule has 2 aromatic heterocycles. The van der Waals surface area contributed by atoms with Crippen LogP contribution in [-0.4, -0.2) is 19.9 Å². The van der Waals surface area contributed by atoms with Gasteiger partial charge in [-0.1, -0.05) is 18.2 Å². The van der Waals surface area contributed by atoms with Gasteiger partial charge in [-0.25, -0.2) is 19.3 Å². The highest BCUT2D eigenvalue weighted by Crippen LogP contribution is 2.25. The summed E-state index contributed by atoms with van der Waals surface area (Å²) in [7, 11) is 0. The molecule has 0 radical (unpaired) electrons. The SMILES string of the molecule is C/C=C\C(NSc1cccc(Nc2nccc(-c3ccc4nc[nH]c4c3)n2)c1)=C(/C)F. The molecule has 156 valence electrons. The minimum atomic E-state index is -0.265. The Morgan fingerprint density at radius 2 is 2.03 bits per heavy atom. The molecule has 0 spiro atoms. The van der Waals surface area contributed by atoms with Crippen molar-refractivity contribution in [3.05, 3.63) is 84.7 Å². The van der Waals surface area contributed by atoms with Gasteiger partial charge in [0.1, 0.15) is 5.83 Å². The Kier molecular flexibility index (Phi) is 6.28. The summed E-state index contributed by atoms with van der Waals surface area (Å²) in [6.07, 6.45) is 6.89. The monoisotopic (exact) mass is 432 g/mol. The van der Waals surface area contributed by atoms with E-state index >= 15 is 0 Å². The molecule has 0 saturated carbocycles. The van der Waals surface area contributed by atoms with E-state index in [-0.39, 0.29) is 5.83 Å². The van der Waals surface area contributed by atoms with Gasteiger partial charge in [0.15, 0.2) is 0 Å². The van der Waals surface area contributed by atoms with Crippen molar-refractivity contribution >= 4 is 34.6 Å². The minimum absolute atomic E-state index is 0.265. The van der Waals surface area contributed by atoms with Gasteiger partial charge in [0.2, 0.25) is 5.95 Å². The number of rotatable bonds is 7. The average Bonchev–Trinajstić information content (AvgIpc) is 3.25. The number of hydrogen-bond donors (Lipinski definition) is 3. The number of hydrogen-bond acceptors (Lipinski definition) is 6. The molecule has 0 amide bonds. The van der Waals surface area contributed by atoms with E-state index in [0.717, 1.165) is 32.9 Å². The topological polar surface area (TPSA) is 78.5 Å². The van der Waals surface area contributed by atoms with Crippen molar-refractivity contribution in [2.45, 2.75) is 18.7 Å². The summed E-state index contributed by atoms with van der Waals surface area (Å²) in [5.41, 5.74) is 4.92. The lowest BCUT2D eigenvalue weighted by atomic mass is 10.1. The smallest absolute Gasteiger partial charge is 0.227 e. The summed E-state index contributed by atoms with van der Waals surface area (Å²) in [6.45, 7) is 3.27. The van der Waals surface area contributed by atoms with Crippen molar-refractivity contribution in [3.8, 4) is 11.3 Å². The first-order valence-corrected chi connectivity index (χ1v) is 10.5. The Morgan fingerprint density at radius 3 is 2.87 bits per heavy atom. The molecule has 3 N–H and O–H groups in total. The Bertz CT molecular complexity index is 1260. The Hall–Kier alpha value is -3.65. The van der Waals surface area contributed by atoms with Crippen LogP contribution in [0.2, 0.25) is 0 Å². The number of allylic oxidation sites excluding steroid dienone is 3. The fraction of sp³-hybridized carbons (Fsp3) is 0.0870. The molecule has 31 heavy (non-hydrogen) atoms. The van der Waals surface area contributed by atoms with Crippen LogP contribution < -0.4 is 10.0 Å². The van der Waals surface area contributed by atoms with Gasteiger partial charge < -0.3 is 15.0 Å². The van der Waals surface area contributed by atoms with Gasteiger partial charge in [-0.05, 0) is 68.3 Å². The Balaban J connectivity index is 1.50. The number of aromatic nitrogens is 4. The fourth-order valence-corrected chi connectivity index (χ4v) is 3.71. The minimum Gasteiger partial charge on any atom is -0.345 e. The lowest BCUT2D eigenvalue weighted by Gasteiger charge is -2.10. The number of fused-ring (bicyclic) bond motifs is 1. The number of benzene rings is 2. The van der Waals surface area contributed by atoms with Crippen molar-refractivity contribution in [2.75, 3.05) is 5.32 Å². The van der Waals surface area contributed by atoms with E-state index in [0.29, 0.717) is 11.6 Å². The summed E-state index contributed by atoms with van der Waals surface area (Å²) in [4.78, 5) is 17.3. The molecule has 0 atom stereocenters. The zero-order chi connectivity index (χ0) is 21.6. The van der Waals surface area contributed by atoms with Gasteiger partial charge >= 0.3 is 0 Å². The molecule has 2 aromatic carbocycles. The van der Waals surface area contributed by atoms with E-state index in [2.05, 4.69) is 30.0 Å². The van der Waals surface area contributed by atoms with E-state index in [1.54, 1.807) is 24.7 Å². The highest BCUT2D eigenvalue weighted by atomic mass is 32.2. The van der Waals surface area contributed by atoms with Gasteiger partial charge in [0.05, 0.1) is 28.8 Å². The van der Waals surface area contributed by atoms with Crippen LogP contribution in [0.1, 0.15) is 13.8 Å². The average molecular weight is 433 g/mol. The molecular weight excluding hydrogens is 411 g/mol. The zero-order valence-corrected chi connectivity index (χ0v) is 17.9. The van der Waals surface area contributed by atoms with Crippen LogP contribution in [0.5, 0.6) is 0 Å². The second-order valence-electron chi connectivity index (χ2n) is 6.70. The number of aromatic amines is 1. The van der Waals surface area contributed by atoms with Crippen molar-refractivity contribution in [2.24, 2.45) is 0 Å². The molecule has 8 heteroatoms. The molecular formula is C23H21FN6S. The standard InChI is InChI=1S/C23H21FN6S/c1-3-5-19(15(2)24)30-31-18-7-4-6-17(13-18)28-23-25-11-10-20(29-23)16-8-9-21-22(12-16)27-14-26-21/h3-14,30H,1-2H3,(H,26,27)(H,25,28,29)/b5-3-,19-15-. The molecule has 4 aromatic rings. The van der Waals surface area contributed by atoms with Crippen LogP contribution in [0.3, 0.4) is 0 Å². The maximum Gasteiger partial charge on any atom is 0.227 e. The molecule has 0 fully saturated rings. The number of anilines is 2. The fourth-order valence-electron chi connectivity index (χ4n) is 2.94. The van der Waals surface area contributed by atoms with E-state index < -0.39 is 0 Å². The van der Waals surface area contributed by atoms with Crippen molar-refractivity contribution < 1.29 is 4.39 Å². The van der Waals surface area contributed by atoms with E-state index in [9.17, 15) is 4.39 Å². The van der Waals surface area contributed by atoms with E-state index in [1.807, 2.05) is 55.5 Å². The number of imidazole rings is 1. The lowest BCUT2D eigenvalue weighted by Crippen LogP contribution is -2.02. The predicted molar refractivity (Wildman–Crippen MR) is 124 cm³/mol. The number of nitrogens with zero attached hydrogens (tertiary/aromatic N) is 3. The third-order valence-electron chi connectivity index (χ3n) is 4.45. The third-order valence-corrected chi connectivity index (χ3v) is 5.26. The van der Waals surface area contributed by atoms with Crippen molar-refractivity contribution in [3.63, 3.8) is 0 Å². The second-order valence-corrected chi connectivity index (χ2v) is 7.58. The molecule has 0 aliphatic carbocycles. The summed E-state index contributed by atoms with van der Waals surface area (Å²) < 4.78 is 16.6. The molecule has 0 aliphatic heterocycles. The van der Waals surface area contributed by atoms with Crippen LogP contribution in [-0.2, 0) is 0 Å². The van der Waals surface area contributed by atoms with E-state index in [1.165, 1.54) is 18.9 Å². The maximum atomic E-state index is 13.6. The highest BCUT2D eigenvalue weighted by molar-refractivity contribution is 7.97. The first-order valence-electron chi connectivity index (χ1n) is 9.68. The molecule has 0 aliphatic rings. The van der Waals surface area contributed by atoms with Crippen molar-refractivity contribution in [1.29, 1.82) is 0 Å². The predicted octanol–water partition coefficient (Wildman–Crippen LogP) is 6.14. The van der Waals surface area contributed by atoms with Crippen LogP contribution in [0.25, 0.3) is 22.3 Å². The van der Waals surface area contributed by atoms with Gasteiger partial charge in [-0.3, -0.25) is 0 Å². The first kappa shape index (κ1) is 20.6. The highest BCUT2D eigenvalue weighted by Gasteiger charge is 2.06. The third kappa shape index (κ3) is 5.10. The number of H-pyrrole nitrogens is 1. The van der Waals surface area contributed by atoms with Crippen LogP contribution >= 0.6 is 11.9 Å². The maximum absolute atomic E-state index is 13.6. The summed E-state index contributed by atoms with van der Waals surface area (Å²) >= 11 is 1.33. The Labute approximate surface area is 183 Å². The van der Waals surface area contributed by atoms with Gasteiger partial charge in [0, 0.05) is 22.3 Å². The summed E-state index contributed by atoms with van der Waals surface area (Å²) in [6, 6.07) is 15.6. The van der Waals surface area contributed by atoms with E-state index in [4.69, 9.17) is 0 Å². The molecule has 0 unspecified atom stereocenters. The van der Waals surface area contributed by atoms with Crippen LogP contribution in [0.4, 0.5) is 16.0 Å². The molecule has 4 rings (SSSR count). The Morgan fingerprint density at radius 1 is 1.13 bits per heavy atom. The molecule has 0 bridgehead atoms. The van der Waals surface area contributed by atoms with Crippen LogP contribution in [0.15, 0.2) is 89.6 Å². The molecule has 0 saturated heterocycles. The quantitative estimate of drug-likeness (QED) is 0.241. The normalized spacial score (nSPS) is 12.2. The second kappa shape index (κ2) is 9.44. The van der Waals surface area contributed by atoms with Gasteiger partial charge in [0.25, 0.3) is 0 Å². The molecule has 2 heterocycles. The van der Waals surface area contributed by atoms with Gasteiger partial charge in [-0.15, -0.1) is 0 Å². The number of nitrogens with one attached hydrogen (secondary N) is 3. The molecule has 6 nitrogen and oxygen atoms in total. The van der Waals surface area contributed by atoms with Crippen molar-refractivity contribution in [1.82, 2.24) is 24.7 Å².